The molecule has 494 valence electrons. The van der Waals surface area contributed by atoms with Crippen LogP contribution in [0.25, 0.3) is 32.7 Å². The fourth-order valence-corrected chi connectivity index (χ4v) is 15.2. The number of aliphatic hydroxyl groups is 2. The predicted octanol–water partition coefficient (Wildman–Crippen LogP) is 6.13. The molecule has 0 atom stereocenters. The Hall–Kier alpha value is -8.07. The van der Waals surface area contributed by atoms with Crippen molar-refractivity contribution in [2.45, 2.75) is 152 Å². The number of aromatic nitrogens is 8. The number of nitrogens with zero attached hydrogens (tertiary/aromatic N) is 9. The maximum Gasteiger partial charge on any atom is 0.239 e. The smallest absolute Gasteiger partial charge is 0.239 e. The minimum Gasteiger partial charge on any atom is -0.385 e. The number of anilines is 3. The molecule has 3 aliphatic heterocycles. The van der Waals surface area contributed by atoms with Crippen molar-refractivity contribution in [3.8, 4) is 0 Å². The third kappa shape index (κ3) is 15.5. The molecule has 8 heterocycles. The van der Waals surface area contributed by atoms with E-state index in [0.29, 0.717) is 29.8 Å². The van der Waals surface area contributed by atoms with Crippen molar-refractivity contribution in [3.63, 3.8) is 0 Å². The number of fused-ring (bicyclic) bond motifs is 3. The van der Waals surface area contributed by atoms with Gasteiger partial charge in [-0.05, 0) is 147 Å². The fraction of sp³-hybridized carbons (Fsp3) is 0.515. The Labute approximate surface area is 546 Å². The van der Waals surface area contributed by atoms with Crippen LogP contribution >= 0.6 is 11.3 Å². The van der Waals surface area contributed by atoms with Crippen LogP contribution < -0.4 is 37.6 Å². The van der Waals surface area contributed by atoms with E-state index in [0.717, 1.165) is 188 Å². The topological polar surface area (TPSA) is 318 Å². The van der Waals surface area contributed by atoms with Crippen LogP contribution in [0, 0.1) is 33.6 Å². The zero-order chi connectivity index (χ0) is 65.0. The first kappa shape index (κ1) is 65.0. The molecule has 5 aromatic heterocycles. The van der Waals surface area contributed by atoms with Crippen molar-refractivity contribution in [3.05, 3.63) is 117 Å². The number of amides is 4. The molecule has 0 bridgehead atoms. The first-order valence-corrected chi connectivity index (χ1v) is 33.9. The van der Waals surface area contributed by atoms with Crippen molar-refractivity contribution in [1.29, 1.82) is 0 Å². The number of hydrogen-bond donors (Lipinski definition) is 11. The monoisotopic (exact) mass is 1290 g/mol. The van der Waals surface area contributed by atoms with Gasteiger partial charge in [-0.1, -0.05) is 41.0 Å². The van der Waals surface area contributed by atoms with E-state index in [1.807, 2.05) is 88.1 Å². The number of nitrogens with one attached hydrogen (secondary N) is 8. The quantitative estimate of drug-likeness (QED) is 0.0461. The molecule has 0 spiro atoms. The van der Waals surface area contributed by atoms with Gasteiger partial charge in [0.05, 0.1) is 70.3 Å². The summed E-state index contributed by atoms with van der Waals surface area (Å²) in [7, 11) is 1.91. The van der Waals surface area contributed by atoms with Crippen LogP contribution in [0.2, 0.25) is 0 Å². The Balaban J connectivity index is 0.000000134. The molecule has 8 aromatic rings. The summed E-state index contributed by atoms with van der Waals surface area (Å²) in [5, 5.41) is 62.8. The standard InChI is InChI=1S/C25H32N6O2.C22H28N6O2S.C21H30N6O2/c1-16-3-6-22-21(11-16)24(30-29-22)27-13-23(32)28-19-14-31(15-19)20-7-9-25(33,10-8-20)18-5-4-17(2)26-12-18;1-14-2-3-18-17(8-14)21(27-26-18)24-10-20(29)25-15-11-28(12-15)16-4-6-22(30,7-5-16)19-9-23-13-31-19;1-13-3-8-18-17(9-13)21(25-26(18)2)23-10-19(28)24-15-11-27(12-15)16-6-4-14(5-7-16)20(22)29/h3-6,11-12,19-20,33H,7-10,13-15H2,1-2H3,(H,28,32)(H2,27,29,30);2-3,8-9,13,15-16,30H,4-7,10-12H2,1H3,(H,25,29)(H2,24,26,27);3,8-9,14-16H,4-7,10-12H2,1-2H3,(H2,22,29)(H,23,25)(H,24,28). The van der Waals surface area contributed by atoms with Gasteiger partial charge in [-0.25, -0.2) is 0 Å². The predicted molar refractivity (Wildman–Crippen MR) is 361 cm³/mol. The molecular formula is C68H90N18O6S. The van der Waals surface area contributed by atoms with Crippen LogP contribution in [-0.4, -0.2) is 184 Å². The number of likely N-dealkylation sites (tertiary alicyclic amines) is 3. The van der Waals surface area contributed by atoms with Gasteiger partial charge in [-0.3, -0.25) is 58.7 Å². The lowest BCUT2D eigenvalue weighted by molar-refractivity contribution is -0.124. The molecule has 4 amide bonds. The summed E-state index contributed by atoms with van der Waals surface area (Å²) < 4.78 is 1.83. The fourth-order valence-electron chi connectivity index (χ4n) is 14.4. The minimum atomic E-state index is -0.768. The van der Waals surface area contributed by atoms with E-state index in [-0.39, 0.29) is 67.3 Å². The summed E-state index contributed by atoms with van der Waals surface area (Å²) in [6, 6.07) is 24.4. The Morgan fingerprint density at radius 3 is 1.47 bits per heavy atom. The molecule has 12 N–H and O–H groups in total. The summed E-state index contributed by atoms with van der Waals surface area (Å²) in [6.45, 7) is 13.9. The highest BCUT2D eigenvalue weighted by atomic mass is 32.1. The second-order valence-corrected chi connectivity index (χ2v) is 27.8. The maximum atomic E-state index is 12.4. The molecule has 3 aliphatic carbocycles. The second kappa shape index (κ2) is 28.3. The molecule has 0 radical (unpaired) electrons. The van der Waals surface area contributed by atoms with Gasteiger partial charge in [0.1, 0.15) is 5.60 Å². The number of H-pyrrole nitrogens is 2. The number of carbonyl (C=O) groups excluding carboxylic acids is 4. The van der Waals surface area contributed by atoms with Gasteiger partial charge >= 0.3 is 0 Å². The molecule has 3 saturated heterocycles. The van der Waals surface area contributed by atoms with Gasteiger partial charge < -0.3 is 47.8 Å². The lowest BCUT2D eigenvalue weighted by atomic mass is 9.77. The minimum absolute atomic E-state index is 0.0152. The summed E-state index contributed by atoms with van der Waals surface area (Å²) >= 11 is 1.53. The van der Waals surface area contributed by atoms with Gasteiger partial charge in [0, 0.05) is 110 Å². The highest BCUT2D eigenvalue weighted by Gasteiger charge is 2.43. The number of aryl methyl sites for hydroxylation is 5. The number of aromatic amines is 2. The van der Waals surface area contributed by atoms with E-state index in [4.69, 9.17) is 5.73 Å². The first-order valence-electron chi connectivity index (χ1n) is 33.0. The third-order valence-corrected chi connectivity index (χ3v) is 21.0. The van der Waals surface area contributed by atoms with E-state index in [9.17, 15) is 29.4 Å². The van der Waals surface area contributed by atoms with Gasteiger partial charge in [0.25, 0.3) is 0 Å². The number of thiazole rings is 1. The van der Waals surface area contributed by atoms with E-state index in [1.165, 1.54) is 11.3 Å². The number of primary amides is 1. The Bertz CT molecular complexity index is 3880. The van der Waals surface area contributed by atoms with Crippen LogP contribution in [0.1, 0.15) is 110 Å². The highest BCUT2D eigenvalue weighted by Crippen LogP contribution is 2.42. The van der Waals surface area contributed by atoms with Crippen LogP contribution in [0.5, 0.6) is 0 Å². The van der Waals surface area contributed by atoms with Crippen molar-refractivity contribution < 1.29 is 29.4 Å². The van der Waals surface area contributed by atoms with Gasteiger partial charge in [0.2, 0.25) is 23.6 Å². The van der Waals surface area contributed by atoms with E-state index >= 15 is 0 Å². The highest BCUT2D eigenvalue weighted by molar-refractivity contribution is 7.09. The molecule has 6 fully saturated rings. The summed E-state index contributed by atoms with van der Waals surface area (Å²) in [4.78, 5) is 65.1. The summed E-state index contributed by atoms with van der Waals surface area (Å²) in [6.07, 6.45) is 14.3. The van der Waals surface area contributed by atoms with E-state index < -0.39 is 11.2 Å². The van der Waals surface area contributed by atoms with Crippen molar-refractivity contribution >= 4 is 85.1 Å². The number of nitrogens with two attached hydrogens (primary N) is 1. The van der Waals surface area contributed by atoms with E-state index in [1.54, 1.807) is 11.7 Å². The molecule has 0 unspecified atom stereocenters. The Morgan fingerprint density at radius 1 is 0.570 bits per heavy atom. The number of carbonyl (C=O) groups is 4. The number of hydrogen-bond acceptors (Lipinski definition) is 18. The van der Waals surface area contributed by atoms with E-state index in [2.05, 4.69) is 106 Å². The first-order chi connectivity index (χ1) is 44.8. The maximum absolute atomic E-state index is 12.4. The average Bonchev–Trinajstić information content (AvgIpc) is 1.60. The molecule has 93 heavy (non-hydrogen) atoms. The van der Waals surface area contributed by atoms with Crippen LogP contribution in [0.3, 0.4) is 0 Å². The molecular weight excluding hydrogens is 1200 g/mol. The van der Waals surface area contributed by atoms with Crippen LogP contribution in [-0.2, 0) is 37.4 Å². The number of pyridine rings is 1. The summed E-state index contributed by atoms with van der Waals surface area (Å²) in [5.41, 5.74) is 14.0. The van der Waals surface area contributed by atoms with Crippen molar-refractivity contribution in [2.24, 2.45) is 18.7 Å². The molecule has 3 saturated carbocycles. The third-order valence-electron chi connectivity index (χ3n) is 20.1. The molecule has 24 nitrogen and oxygen atoms in total. The van der Waals surface area contributed by atoms with Crippen LogP contribution in [0.4, 0.5) is 17.5 Å². The number of benzene rings is 3. The normalized spacial score (nSPS) is 23.9. The SMILES string of the molecule is Cc1ccc2[nH]nc(NCC(=O)NC3CN(C4CCC(O)(c5ccc(C)nc5)CC4)C3)c2c1.Cc1ccc2[nH]nc(NCC(=O)NC3CN(C4CCC(O)(c5cncs5)CC4)C3)c2c1.Cc1ccc2c(c1)c(NCC(=O)NC1CN(C3CCC(C(N)=O)CC3)C1)nn2C. The van der Waals surface area contributed by atoms with Gasteiger partial charge in [0.15, 0.2) is 17.5 Å². The molecule has 25 heteroatoms. The van der Waals surface area contributed by atoms with Crippen molar-refractivity contribution in [2.75, 3.05) is 74.9 Å². The Morgan fingerprint density at radius 2 is 1.02 bits per heavy atom. The zero-order valence-corrected chi connectivity index (χ0v) is 54.8. The zero-order valence-electron chi connectivity index (χ0n) is 54.0. The molecule has 6 aliphatic rings. The lowest BCUT2D eigenvalue weighted by Crippen LogP contribution is -2.63. The van der Waals surface area contributed by atoms with Gasteiger partial charge in [-0.2, -0.15) is 15.3 Å². The van der Waals surface area contributed by atoms with Crippen molar-refractivity contribution in [1.82, 2.24) is 70.8 Å². The lowest BCUT2D eigenvalue weighted by Gasteiger charge is -2.48. The second-order valence-electron chi connectivity index (χ2n) is 26.9. The van der Waals surface area contributed by atoms with Gasteiger partial charge in [-0.15, -0.1) is 11.3 Å². The largest absolute Gasteiger partial charge is 0.385 e. The van der Waals surface area contributed by atoms with Crippen LogP contribution in [0.15, 0.2) is 84.6 Å². The Kier molecular flexibility index (Phi) is 19.8. The average molecular weight is 1290 g/mol. The number of rotatable bonds is 18. The molecule has 3 aromatic carbocycles. The molecule has 14 rings (SSSR count). The summed E-state index contributed by atoms with van der Waals surface area (Å²) in [5.74, 6) is 1.98.